The SMILES string of the molecule is CC/C=C\C/C=C\CCCCCCCCCCCCCCC(O)CC(=O)NC(COP(=O)(O)OCCN)C(O)/C=C/CC/C=C/CC/C=C/CCCCCCC. The van der Waals surface area contributed by atoms with E-state index in [0.29, 0.717) is 12.8 Å². The molecule has 0 aliphatic rings. The van der Waals surface area contributed by atoms with Crippen molar-refractivity contribution in [3.63, 3.8) is 0 Å². The summed E-state index contributed by atoms with van der Waals surface area (Å²) in [4.78, 5) is 22.8. The second-order valence-corrected chi connectivity index (χ2v) is 16.5. The molecule has 4 unspecified atom stereocenters. The number of rotatable bonds is 41. The Morgan fingerprint density at radius 1 is 0.643 bits per heavy atom. The summed E-state index contributed by atoms with van der Waals surface area (Å²) < 4.78 is 22.1. The van der Waals surface area contributed by atoms with E-state index in [1.807, 2.05) is 6.08 Å². The first-order valence-electron chi connectivity index (χ1n) is 22.5. The smallest absolute Gasteiger partial charge is 0.393 e. The van der Waals surface area contributed by atoms with Crippen molar-refractivity contribution in [1.82, 2.24) is 5.32 Å². The lowest BCUT2D eigenvalue weighted by Crippen LogP contribution is -2.46. The Morgan fingerprint density at radius 3 is 1.68 bits per heavy atom. The molecule has 0 aromatic rings. The lowest BCUT2D eigenvalue weighted by molar-refractivity contribution is -0.124. The third-order valence-corrected chi connectivity index (χ3v) is 10.6. The number of unbranched alkanes of at least 4 members (excludes halogenated alkanes) is 19. The Labute approximate surface area is 343 Å². The van der Waals surface area contributed by atoms with Gasteiger partial charge in [0, 0.05) is 6.54 Å². The molecule has 0 aliphatic carbocycles. The van der Waals surface area contributed by atoms with E-state index in [4.69, 9.17) is 14.8 Å². The van der Waals surface area contributed by atoms with Crippen molar-refractivity contribution < 1.29 is 33.5 Å². The highest BCUT2D eigenvalue weighted by Crippen LogP contribution is 2.43. The van der Waals surface area contributed by atoms with Crippen LogP contribution in [-0.2, 0) is 18.4 Å². The van der Waals surface area contributed by atoms with Gasteiger partial charge in [-0.3, -0.25) is 13.8 Å². The van der Waals surface area contributed by atoms with Crippen LogP contribution >= 0.6 is 7.82 Å². The van der Waals surface area contributed by atoms with Crippen LogP contribution in [0, 0.1) is 0 Å². The Bertz CT molecular complexity index is 1080. The predicted molar refractivity (Wildman–Crippen MR) is 236 cm³/mol. The largest absolute Gasteiger partial charge is 0.472 e. The Morgan fingerprint density at radius 2 is 1.12 bits per heavy atom. The molecular formula is C46H85N2O7P. The number of hydrogen-bond donors (Lipinski definition) is 5. The Kier molecular flexibility index (Phi) is 40.0. The van der Waals surface area contributed by atoms with E-state index < -0.39 is 38.6 Å². The van der Waals surface area contributed by atoms with Crippen molar-refractivity contribution in [2.24, 2.45) is 5.73 Å². The molecule has 0 spiro atoms. The summed E-state index contributed by atoms with van der Waals surface area (Å²) in [6.45, 7) is 3.82. The number of aliphatic hydroxyl groups excluding tert-OH is 2. The Hall–Kier alpha value is -1.84. The molecule has 0 saturated heterocycles. The number of aliphatic hydroxyl groups is 2. The minimum atomic E-state index is -4.41. The quantitative estimate of drug-likeness (QED) is 0.0233. The van der Waals surface area contributed by atoms with E-state index in [0.717, 1.165) is 57.8 Å². The Balaban J connectivity index is 4.32. The van der Waals surface area contributed by atoms with Crippen molar-refractivity contribution in [3.8, 4) is 0 Å². The van der Waals surface area contributed by atoms with Crippen LogP contribution < -0.4 is 11.1 Å². The molecule has 0 fully saturated rings. The summed E-state index contributed by atoms with van der Waals surface area (Å²) in [5.74, 6) is -0.463. The number of nitrogens with two attached hydrogens (primary N) is 1. The highest BCUT2D eigenvalue weighted by atomic mass is 31.2. The van der Waals surface area contributed by atoms with E-state index in [2.05, 4.69) is 67.8 Å². The van der Waals surface area contributed by atoms with Gasteiger partial charge in [-0.15, -0.1) is 0 Å². The molecule has 326 valence electrons. The van der Waals surface area contributed by atoms with Crippen LogP contribution in [-0.4, -0.2) is 59.0 Å². The zero-order chi connectivity index (χ0) is 41.2. The van der Waals surface area contributed by atoms with Gasteiger partial charge in [-0.2, -0.15) is 0 Å². The molecule has 1 amide bonds. The van der Waals surface area contributed by atoms with Gasteiger partial charge in [-0.05, 0) is 70.6 Å². The van der Waals surface area contributed by atoms with E-state index in [1.54, 1.807) is 6.08 Å². The molecule has 0 rings (SSSR count). The van der Waals surface area contributed by atoms with E-state index in [-0.39, 0.29) is 19.6 Å². The van der Waals surface area contributed by atoms with Gasteiger partial charge in [0.2, 0.25) is 5.91 Å². The second kappa shape index (κ2) is 41.3. The lowest BCUT2D eigenvalue weighted by Gasteiger charge is -2.24. The second-order valence-electron chi connectivity index (χ2n) is 15.0. The molecule has 0 radical (unpaired) electrons. The highest BCUT2D eigenvalue weighted by molar-refractivity contribution is 7.47. The average Bonchev–Trinajstić information content (AvgIpc) is 3.17. The van der Waals surface area contributed by atoms with Gasteiger partial charge >= 0.3 is 7.82 Å². The normalized spacial score (nSPS) is 15.2. The minimum absolute atomic E-state index is 0.0403. The number of carbonyl (C=O) groups excluding carboxylic acids is 1. The molecule has 9 nitrogen and oxygen atoms in total. The third kappa shape index (κ3) is 39.0. The first-order valence-corrected chi connectivity index (χ1v) is 24.0. The van der Waals surface area contributed by atoms with Crippen LogP contribution in [0.25, 0.3) is 0 Å². The molecule has 6 N–H and O–H groups in total. The monoisotopic (exact) mass is 809 g/mol. The average molecular weight is 809 g/mol. The van der Waals surface area contributed by atoms with Crippen molar-refractivity contribution in [2.45, 2.75) is 205 Å². The van der Waals surface area contributed by atoms with Crippen LogP contribution in [0.1, 0.15) is 187 Å². The molecular weight excluding hydrogens is 723 g/mol. The van der Waals surface area contributed by atoms with E-state index >= 15 is 0 Å². The maximum absolute atomic E-state index is 12.8. The van der Waals surface area contributed by atoms with Crippen LogP contribution in [0.15, 0.2) is 60.8 Å². The molecule has 0 heterocycles. The maximum Gasteiger partial charge on any atom is 0.472 e. The summed E-state index contributed by atoms with van der Waals surface area (Å²) in [6.07, 6.45) is 48.8. The van der Waals surface area contributed by atoms with Crippen molar-refractivity contribution in [1.29, 1.82) is 0 Å². The van der Waals surface area contributed by atoms with Crippen molar-refractivity contribution >= 4 is 13.7 Å². The van der Waals surface area contributed by atoms with Gasteiger partial charge < -0.3 is 26.2 Å². The third-order valence-electron chi connectivity index (χ3n) is 9.61. The molecule has 0 saturated carbocycles. The molecule has 0 aromatic heterocycles. The van der Waals surface area contributed by atoms with Crippen LogP contribution in [0.4, 0.5) is 0 Å². The summed E-state index contributed by atoms with van der Waals surface area (Å²) in [6, 6.07) is -1.01. The van der Waals surface area contributed by atoms with Crippen LogP contribution in [0.3, 0.4) is 0 Å². The number of amides is 1. The molecule has 0 aromatic carbocycles. The van der Waals surface area contributed by atoms with Crippen molar-refractivity contribution in [2.75, 3.05) is 19.8 Å². The molecule has 56 heavy (non-hydrogen) atoms. The summed E-state index contributed by atoms with van der Waals surface area (Å²) in [7, 11) is -4.41. The van der Waals surface area contributed by atoms with Gasteiger partial charge in [-0.25, -0.2) is 4.57 Å². The summed E-state index contributed by atoms with van der Waals surface area (Å²) >= 11 is 0. The molecule has 0 bridgehead atoms. The zero-order valence-electron chi connectivity index (χ0n) is 35.7. The highest BCUT2D eigenvalue weighted by Gasteiger charge is 2.27. The minimum Gasteiger partial charge on any atom is -0.393 e. The van der Waals surface area contributed by atoms with Crippen LogP contribution in [0.5, 0.6) is 0 Å². The first-order chi connectivity index (χ1) is 27.3. The van der Waals surface area contributed by atoms with Gasteiger partial charge in [0.25, 0.3) is 0 Å². The lowest BCUT2D eigenvalue weighted by atomic mass is 10.0. The van der Waals surface area contributed by atoms with Gasteiger partial charge in [0.05, 0.1) is 37.9 Å². The number of nitrogens with one attached hydrogen (secondary N) is 1. The fraction of sp³-hybridized carbons (Fsp3) is 0.761. The summed E-state index contributed by atoms with van der Waals surface area (Å²) in [5.41, 5.74) is 5.36. The fourth-order valence-corrected chi connectivity index (χ4v) is 7.00. The number of carbonyl (C=O) groups is 1. The summed E-state index contributed by atoms with van der Waals surface area (Å²) in [5, 5.41) is 24.0. The zero-order valence-corrected chi connectivity index (χ0v) is 36.6. The van der Waals surface area contributed by atoms with E-state index in [9.17, 15) is 24.5 Å². The van der Waals surface area contributed by atoms with Crippen LogP contribution in [0.2, 0.25) is 0 Å². The topological polar surface area (TPSA) is 151 Å². The van der Waals surface area contributed by atoms with Gasteiger partial charge in [0.15, 0.2) is 0 Å². The van der Waals surface area contributed by atoms with Gasteiger partial charge in [0.1, 0.15) is 0 Å². The van der Waals surface area contributed by atoms with Crippen molar-refractivity contribution in [3.05, 3.63) is 60.8 Å². The first kappa shape index (κ1) is 54.2. The molecule has 4 atom stereocenters. The number of phosphoric acid groups is 1. The molecule has 0 aliphatic heterocycles. The van der Waals surface area contributed by atoms with E-state index in [1.165, 1.54) is 96.3 Å². The fourth-order valence-electron chi connectivity index (χ4n) is 6.24. The standard InChI is InChI=1S/C46H85N2O7P/c1-3-5-7-9-11-13-15-17-19-20-21-22-24-25-27-29-31-33-35-37-43(49)41-46(51)48-44(42-55-56(52,53)54-40-39-47)45(50)38-36-34-32-30-28-26-23-18-16-14-12-10-8-6-4-2/h5,7,11,13,16,18,28,30,36,38,43-45,49-50H,3-4,6,8-10,12,14-15,17,19-27,29,31-35,37,39-42,47H2,1-2H3,(H,48,51)(H,52,53)/b7-5-,13-11-,18-16+,30-28+,38-36+. The predicted octanol–water partition coefficient (Wildman–Crippen LogP) is 11.6. The number of allylic oxidation sites excluding steroid dienone is 9. The number of phosphoric ester groups is 1. The molecule has 10 heteroatoms. The number of hydrogen-bond acceptors (Lipinski definition) is 7. The van der Waals surface area contributed by atoms with Gasteiger partial charge in [-0.1, -0.05) is 171 Å². The maximum atomic E-state index is 12.8.